The number of rotatable bonds is 5. The van der Waals surface area contributed by atoms with Crippen molar-refractivity contribution in [3.63, 3.8) is 0 Å². The largest absolute Gasteiger partial charge is 0.315 e. The molecular formula is C12H20N2O2S2. The van der Waals surface area contributed by atoms with Crippen molar-refractivity contribution in [3.05, 3.63) is 16.5 Å². The van der Waals surface area contributed by atoms with Gasteiger partial charge < -0.3 is 5.32 Å². The SMILES string of the molecule is CNCc1sc(S(=O)(=O)NC2CC2(C)C)cc1C. The first-order valence-corrected chi connectivity index (χ1v) is 8.32. The molecule has 18 heavy (non-hydrogen) atoms. The maximum atomic E-state index is 12.2. The molecule has 0 aliphatic heterocycles. The first-order chi connectivity index (χ1) is 8.26. The van der Waals surface area contributed by atoms with Gasteiger partial charge in [0.15, 0.2) is 0 Å². The quantitative estimate of drug-likeness (QED) is 0.869. The molecule has 1 atom stereocenters. The van der Waals surface area contributed by atoms with Crippen LogP contribution in [0.25, 0.3) is 0 Å². The third kappa shape index (κ3) is 2.77. The normalized spacial score (nSPS) is 22.1. The van der Waals surface area contributed by atoms with Gasteiger partial charge in [-0.2, -0.15) is 0 Å². The van der Waals surface area contributed by atoms with Gasteiger partial charge in [-0.25, -0.2) is 13.1 Å². The highest BCUT2D eigenvalue weighted by atomic mass is 32.2. The van der Waals surface area contributed by atoms with Gasteiger partial charge in [-0.05, 0) is 37.4 Å². The molecule has 1 aliphatic rings. The molecule has 0 amide bonds. The molecule has 2 N–H and O–H groups in total. The van der Waals surface area contributed by atoms with Crippen molar-refractivity contribution in [1.82, 2.24) is 10.0 Å². The molecule has 2 rings (SSSR count). The highest BCUT2D eigenvalue weighted by Crippen LogP contribution is 2.45. The second kappa shape index (κ2) is 4.59. The monoisotopic (exact) mass is 288 g/mol. The van der Waals surface area contributed by atoms with Crippen molar-refractivity contribution >= 4 is 21.4 Å². The Morgan fingerprint density at radius 1 is 1.50 bits per heavy atom. The molecule has 0 saturated heterocycles. The molecule has 0 spiro atoms. The molecule has 1 aromatic rings. The average Bonchev–Trinajstić information content (AvgIpc) is 2.66. The van der Waals surface area contributed by atoms with Gasteiger partial charge in [-0.3, -0.25) is 0 Å². The molecule has 0 bridgehead atoms. The second-order valence-electron chi connectivity index (χ2n) is 5.57. The number of sulfonamides is 1. The smallest absolute Gasteiger partial charge is 0.250 e. The Morgan fingerprint density at radius 2 is 2.11 bits per heavy atom. The molecule has 6 heteroatoms. The van der Waals surface area contributed by atoms with Crippen molar-refractivity contribution < 1.29 is 8.42 Å². The number of hydrogen-bond acceptors (Lipinski definition) is 4. The van der Waals surface area contributed by atoms with E-state index in [2.05, 4.69) is 23.9 Å². The van der Waals surface area contributed by atoms with E-state index < -0.39 is 10.0 Å². The van der Waals surface area contributed by atoms with Gasteiger partial charge in [0, 0.05) is 17.5 Å². The van der Waals surface area contributed by atoms with Crippen molar-refractivity contribution in [2.75, 3.05) is 7.05 Å². The zero-order valence-electron chi connectivity index (χ0n) is 11.2. The minimum absolute atomic E-state index is 0.0812. The van der Waals surface area contributed by atoms with Crippen molar-refractivity contribution in [2.45, 2.75) is 44.0 Å². The Kier molecular flexibility index (Phi) is 3.57. The predicted octanol–water partition coefficient (Wildman–Crippen LogP) is 1.85. The second-order valence-corrected chi connectivity index (χ2v) is 8.65. The van der Waals surface area contributed by atoms with Crippen LogP contribution in [0.1, 0.15) is 30.7 Å². The summed E-state index contributed by atoms with van der Waals surface area (Å²) in [5.41, 5.74) is 1.14. The zero-order valence-corrected chi connectivity index (χ0v) is 12.8. The number of aryl methyl sites for hydroxylation is 1. The lowest BCUT2D eigenvalue weighted by Crippen LogP contribution is -2.27. The minimum atomic E-state index is -3.35. The van der Waals surface area contributed by atoms with Crippen LogP contribution < -0.4 is 10.0 Å². The Balaban J connectivity index is 2.17. The van der Waals surface area contributed by atoms with Crippen LogP contribution in [0.3, 0.4) is 0 Å². The van der Waals surface area contributed by atoms with E-state index in [4.69, 9.17) is 0 Å². The summed E-state index contributed by atoms with van der Waals surface area (Å²) in [6.45, 7) is 6.81. The van der Waals surface area contributed by atoms with Crippen LogP contribution in [0.15, 0.2) is 10.3 Å². The van der Waals surface area contributed by atoms with Gasteiger partial charge in [0.25, 0.3) is 0 Å². The van der Waals surface area contributed by atoms with Gasteiger partial charge in [0.05, 0.1) is 0 Å². The Morgan fingerprint density at radius 3 is 2.61 bits per heavy atom. The third-order valence-corrected chi connectivity index (χ3v) is 6.59. The molecule has 0 aromatic carbocycles. The lowest BCUT2D eigenvalue weighted by atomic mass is 10.2. The summed E-state index contributed by atoms with van der Waals surface area (Å²) in [5.74, 6) is 0. The van der Waals surface area contributed by atoms with Crippen LogP contribution in [0.5, 0.6) is 0 Å². The van der Waals surface area contributed by atoms with E-state index in [1.54, 1.807) is 6.07 Å². The Bertz CT molecular complexity index is 546. The fraction of sp³-hybridized carbons (Fsp3) is 0.667. The number of thiophene rings is 1. The standard InChI is InChI=1S/C12H20N2O2S2/c1-8-5-11(17-9(8)7-13-4)18(15,16)14-10-6-12(10,2)3/h5,10,13-14H,6-7H2,1-4H3. The first-order valence-electron chi connectivity index (χ1n) is 6.02. The van der Waals surface area contributed by atoms with Gasteiger partial charge in [-0.15, -0.1) is 11.3 Å². The van der Waals surface area contributed by atoms with E-state index >= 15 is 0 Å². The molecule has 1 unspecified atom stereocenters. The van der Waals surface area contributed by atoms with Crippen LogP contribution >= 0.6 is 11.3 Å². The summed E-state index contributed by atoms with van der Waals surface area (Å²) in [6, 6.07) is 1.84. The molecule has 0 radical (unpaired) electrons. The van der Waals surface area contributed by atoms with E-state index in [9.17, 15) is 8.42 Å². The molecule has 1 saturated carbocycles. The van der Waals surface area contributed by atoms with Crippen LogP contribution in [0.2, 0.25) is 0 Å². The summed E-state index contributed by atoms with van der Waals surface area (Å²) in [4.78, 5) is 1.08. The number of nitrogens with one attached hydrogen (secondary N) is 2. The predicted molar refractivity (Wildman–Crippen MR) is 74.3 cm³/mol. The molecule has 1 aromatic heterocycles. The highest BCUT2D eigenvalue weighted by molar-refractivity contribution is 7.91. The molecule has 1 aliphatic carbocycles. The summed E-state index contributed by atoms with van der Waals surface area (Å²) in [5, 5.41) is 3.05. The van der Waals surface area contributed by atoms with Gasteiger partial charge in [0.1, 0.15) is 4.21 Å². The van der Waals surface area contributed by atoms with Gasteiger partial charge in [-0.1, -0.05) is 13.8 Å². The maximum Gasteiger partial charge on any atom is 0.250 e. The summed E-state index contributed by atoms with van der Waals surface area (Å²) < 4.78 is 27.6. The third-order valence-electron chi connectivity index (χ3n) is 3.41. The van der Waals surface area contributed by atoms with Crippen molar-refractivity contribution in [1.29, 1.82) is 0 Å². The van der Waals surface area contributed by atoms with E-state index in [0.717, 1.165) is 16.9 Å². The van der Waals surface area contributed by atoms with Gasteiger partial charge >= 0.3 is 0 Å². The molecule has 102 valence electrons. The first kappa shape index (κ1) is 14.0. The lowest BCUT2D eigenvalue weighted by Gasteiger charge is -2.06. The molecular weight excluding hydrogens is 268 g/mol. The Hall–Kier alpha value is -0.430. The fourth-order valence-electron chi connectivity index (χ4n) is 1.87. The molecule has 1 heterocycles. The zero-order chi connectivity index (χ0) is 13.6. The van der Waals surface area contributed by atoms with Gasteiger partial charge in [0.2, 0.25) is 10.0 Å². The highest BCUT2D eigenvalue weighted by Gasteiger charge is 2.48. The average molecular weight is 288 g/mol. The maximum absolute atomic E-state index is 12.2. The summed E-state index contributed by atoms with van der Waals surface area (Å²) >= 11 is 1.35. The van der Waals surface area contributed by atoms with Crippen LogP contribution in [0, 0.1) is 12.3 Å². The summed E-state index contributed by atoms with van der Waals surface area (Å²) in [7, 11) is -1.49. The molecule has 1 fully saturated rings. The van der Waals surface area contributed by atoms with Crippen LogP contribution in [0.4, 0.5) is 0 Å². The summed E-state index contributed by atoms with van der Waals surface area (Å²) in [6.07, 6.45) is 0.917. The van der Waals surface area contributed by atoms with Crippen molar-refractivity contribution in [3.8, 4) is 0 Å². The van der Waals surface area contributed by atoms with Crippen LogP contribution in [-0.4, -0.2) is 21.5 Å². The lowest BCUT2D eigenvalue weighted by molar-refractivity contribution is 0.556. The van der Waals surface area contributed by atoms with E-state index in [1.807, 2.05) is 14.0 Å². The number of hydrogen-bond donors (Lipinski definition) is 2. The van der Waals surface area contributed by atoms with E-state index in [-0.39, 0.29) is 11.5 Å². The van der Waals surface area contributed by atoms with Crippen LogP contribution in [-0.2, 0) is 16.6 Å². The fourth-order valence-corrected chi connectivity index (χ4v) is 4.90. The van der Waals surface area contributed by atoms with E-state index in [0.29, 0.717) is 10.8 Å². The van der Waals surface area contributed by atoms with Crippen molar-refractivity contribution in [2.24, 2.45) is 5.41 Å². The van der Waals surface area contributed by atoms with E-state index in [1.165, 1.54) is 11.3 Å². The molecule has 4 nitrogen and oxygen atoms in total. The minimum Gasteiger partial charge on any atom is -0.315 e. The topological polar surface area (TPSA) is 58.2 Å². The Labute approximate surface area is 113 Å².